The van der Waals surface area contributed by atoms with Crippen LogP contribution in [-0.2, 0) is 0 Å². The number of hydrogen-bond acceptors (Lipinski definition) is 3. The molecule has 0 saturated heterocycles. The number of nitrogens with one attached hydrogen (secondary N) is 1. The summed E-state index contributed by atoms with van der Waals surface area (Å²) in [5.41, 5.74) is 1.74. The van der Waals surface area contributed by atoms with Gasteiger partial charge in [0.25, 0.3) is 5.91 Å². The van der Waals surface area contributed by atoms with Crippen molar-refractivity contribution in [1.29, 1.82) is 0 Å². The molecular weight excluding hydrogens is 240 g/mol. The van der Waals surface area contributed by atoms with Crippen molar-refractivity contribution in [3.8, 4) is 0 Å². The first kappa shape index (κ1) is 15.5. The minimum atomic E-state index is -0.825. The van der Waals surface area contributed by atoms with Crippen LogP contribution in [0.1, 0.15) is 36.7 Å². The van der Waals surface area contributed by atoms with Crippen LogP contribution >= 0.6 is 0 Å². The van der Waals surface area contributed by atoms with Crippen LogP contribution in [-0.4, -0.2) is 41.7 Å². The van der Waals surface area contributed by atoms with E-state index in [1.54, 1.807) is 32.8 Å². The molecule has 0 spiro atoms. The van der Waals surface area contributed by atoms with Gasteiger partial charge in [-0.2, -0.15) is 0 Å². The maximum atomic E-state index is 11.9. The first-order valence-corrected chi connectivity index (χ1v) is 6.44. The number of aryl methyl sites for hydroxylation is 1. The molecule has 4 nitrogen and oxygen atoms in total. The van der Waals surface area contributed by atoms with Crippen molar-refractivity contribution in [2.24, 2.45) is 0 Å². The molecule has 2 N–H and O–H groups in total. The van der Waals surface area contributed by atoms with Crippen LogP contribution in [0.4, 0.5) is 5.69 Å². The van der Waals surface area contributed by atoms with Gasteiger partial charge < -0.3 is 15.3 Å². The summed E-state index contributed by atoms with van der Waals surface area (Å²) >= 11 is 0. The molecule has 1 unspecified atom stereocenters. The van der Waals surface area contributed by atoms with Gasteiger partial charge in [0.05, 0.1) is 11.6 Å². The molecule has 1 atom stereocenters. The van der Waals surface area contributed by atoms with Crippen LogP contribution in [0.5, 0.6) is 0 Å². The number of aliphatic hydroxyl groups is 1. The quantitative estimate of drug-likeness (QED) is 0.877. The van der Waals surface area contributed by atoms with Gasteiger partial charge in [0.2, 0.25) is 0 Å². The number of amides is 1. The summed E-state index contributed by atoms with van der Waals surface area (Å²) in [6.07, 6.45) is 0. The summed E-state index contributed by atoms with van der Waals surface area (Å²) in [6, 6.07) is 5.45. The first-order chi connectivity index (χ1) is 8.62. The lowest BCUT2D eigenvalue weighted by molar-refractivity contribution is 0.0649. The molecule has 1 rings (SSSR count). The number of benzene rings is 1. The number of anilines is 1. The lowest BCUT2D eigenvalue weighted by atomic mass is 9.99. The monoisotopic (exact) mass is 264 g/mol. The fraction of sp³-hybridized carbons (Fsp3) is 0.533. The Bertz CT molecular complexity index is 462. The second kappa shape index (κ2) is 5.61. The third-order valence-electron chi connectivity index (χ3n) is 3.32. The Labute approximate surface area is 115 Å². The van der Waals surface area contributed by atoms with Gasteiger partial charge in [-0.05, 0) is 45.4 Å². The molecule has 4 heteroatoms. The molecule has 0 bridgehead atoms. The molecule has 0 saturated carbocycles. The van der Waals surface area contributed by atoms with Gasteiger partial charge in [0.1, 0.15) is 0 Å². The van der Waals surface area contributed by atoms with E-state index in [9.17, 15) is 9.90 Å². The Morgan fingerprint density at radius 3 is 2.42 bits per heavy atom. The predicted molar refractivity (Wildman–Crippen MR) is 78.6 cm³/mol. The van der Waals surface area contributed by atoms with Crippen molar-refractivity contribution in [2.45, 2.75) is 39.3 Å². The largest absolute Gasteiger partial charge is 0.388 e. The lowest BCUT2D eigenvalue weighted by Gasteiger charge is -2.28. The van der Waals surface area contributed by atoms with E-state index in [0.29, 0.717) is 5.56 Å². The predicted octanol–water partition coefficient (Wildman–Crippen LogP) is 2.27. The Hall–Kier alpha value is -1.55. The molecule has 1 amide bonds. The number of rotatable bonds is 4. The maximum Gasteiger partial charge on any atom is 0.253 e. The third kappa shape index (κ3) is 3.96. The van der Waals surface area contributed by atoms with Crippen molar-refractivity contribution in [1.82, 2.24) is 4.90 Å². The highest BCUT2D eigenvalue weighted by Gasteiger charge is 2.22. The zero-order valence-corrected chi connectivity index (χ0v) is 12.6. The smallest absolute Gasteiger partial charge is 0.253 e. The maximum absolute atomic E-state index is 11.9. The highest BCUT2D eigenvalue weighted by atomic mass is 16.3. The summed E-state index contributed by atoms with van der Waals surface area (Å²) in [6.45, 7) is 7.41. The molecule has 0 aliphatic rings. The van der Waals surface area contributed by atoms with Crippen molar-refractivity contribution in [3.63, 3.8) is 0 Å². The minimum Gasteiger partial charge on any atom is -0.388 e. The number of carbonyl (C=O) groups is 1. The van der Waals surface area contributed by atoms with Crippen molar-refractivity contribution in [3.05, 3.63) is 29.3 Å². The Balaban J connectivity index is 3.02. The molecule has 106 valence electrons. The minimum absolute atomic E-state index is 0.0287. The zero-order valence-electron chi connectivity index (χ0n) is 12.6. The van der Waals surface area contributed by atoms with Crippen molar-refractivity contribution >= 4 is 11.6 Å². The third-order valence-corrected chi connectivity index (χ3v) is 3.32. The first-order valence-electron chi connectivity index (χ1n) is 6.44. The second-order valence-electron chi connectivity index (χ2n) is 5.75. The van der Waals surface area contributed by atoms with Gasteiger partial charge in [-0.1, -0.05) is 6.07 Å². The molecule has 1 aromatic carbocycles. The van der Waals surface area contributed by atoms with Gasteiger partial charge >= 0.3 is 0 Å². The molecule has 0 aliphatic heterocycles. The van der Waals surface area contributed by atoms with Crippen molar-refractivity contribution in [2.75, 3.05) is 19.4 Å². The summed E-state index contributed by atoms with van der Waals surface area (Å²) in [7, 11) is 3.46. The van der Waals surface area contributed by atoms with E-state index < -0.39 is 5.60 Å². The molecular formula is C15H24N2O2. The average molecular weight is 264 g/mol. The van der Waals surface area contributed by atoms with Crippen molar-refractivity contribution < 1.29 is 9.90 Å². The van der Waals surface area contributed by atoms with Gasteiger partial charge in [0, 0.05) is 25.3 Å². The fourth-order valence-corrected chi connectivity index (χ4v) is 1.58. The topological polar surface area (TPSA) is 52.6 Å². The van der Waals surface area contributed by atoms with Crippen LogP contribution in [0.25, 0.3) is 0 Å². The SMILES string of the molecule is Cc1ccc(C(=O)N(C)C)cc1NC(C)C(C)(C)O. The summed E-state index contributed by atoms with van der Waals surface area (Å²) in [5.74, 6) is -0.0287. The Kier molecular flexibility index (Phi) is 4.58. The summed E-state index contributed by atoms with van der Waals surface area (Å²) in [4.78, 5) is 13.5. The second-order valence-corrected chi connectivity index (χ2v) is 5.75. The Morgan fingerprint density at radius 1 is 1.37 bits per heavy atom. The lowest BCUT2D eigenvalue weighted by Crippen LogP contribution is -2.39. The standard InChI is InChI=1S/C15H24N2O2/c1-10-7-8-12(14(18)17(5)6)9-13(10)16-11(2)15(3,4)19/h7-9,11,16,19H,1-6H3. The molecule has 0 heterocycles. The zero-order chi connectivity index (χ0) is 14.8. The molecule has 19 heavy (non-hydrogen) atoms. The van der Waals surface area contributed by atoms with E-state index in [0.717, 1.165) is 11.3 Å². The van der Waals surface area contributed by atoms with Crippen LogP contribution < -0.4 is 5.32 Å². The summed E-state index contributed by atoms with van der Waals surface area (Å²) < 4.78 is 0. The van der Waals surface area contributed by atoms with E-state index in [2.05, 4.69) is 5.32 Å². The molecule has 0 aromatic heterocycles. The number of hydrogen-bond donors (Lipinski definition) is 2. The van der Waals surface area contributed by atoms with Crippen LogP contribution in [0.3, 0.4) is 0 Å². The van der Waals surface area contributed by atoms with Gasteiger partial charge in [-0.25, -0.2) is 0 Å². The number of carbonyl (C=O) groups excluding carboxylic acids is 1. The van der Waals surface area contributed by atoms with Gasteiger partial charge in [-0.15, -0.1) is 0 Å². The van der Waals surface area contributed by atoms with E-state index in [1.807, 2.05) is 32.0 Å². The van der Waals surface area contributed by atoms with Crippen LogP contribution in [0.2, 0.25) is 0 Å². The summed E-state index contributed by atoms with van der Waals surface area (Å²) in [5, 5.41) is 13.2. The van der Waals surface area contributed by atoms with Crippen LogP contribution in [0, 0.1) is 6.92 Å². The average Bonchev–Trinajstić information content (AvgIpc) is 2.29. The van der Waals surface area contributed by atoms with Crippen LogP contribution in [0.15, 0.2) is 18.2 Å². The van der Waals surface area contributed by atoms with Gasteiger partial charge in [0.15, 0.2) is 0 Å². The normalized spacial score (nSPS) is 13.0. The highest BCUT2D eigenvalue weighted by molar-refractivity contribution is 5.95. The van der Waals surface area contributed by atoms with Gasteiger partial charge in [-0.3, -0.25) is 4.79 Å². The molecule has 0 fully saturated rings. The number of nitrogens with zero attached hydrogens (tertiary/aromatic N) is 1. The van der Waals surface area contributed by atoms with E-state index in [4.69, 9.17) is 0 Å². The highest BCUT2D eigenvalue weighted by Crippen LogP contribution is 2.21. The molecule has 1 aromatic rings. The van der Waals surface area contributed by atoms with E-state index in [1.165, 1.54) is 0 Å². The van der Waals surface area contributed by atoms with E-state index in [-0.39, 0.29) is 11.9 Å². The Morgan fingerprint density at radius 2 is 1.95 bits per heavy atom. The molecule has 0 radical (unpaired) electrons. The molecule has 0 aliphatic carbocycles. The van der Waals surface area contributed by atoms with E-state index >= 15 is 0 Å². The fourth-order valence-electron chi connectivity index (χ4n) is 1.58.